The van der Waals surface area contributed by atoms with Gasteiger partial charge in [-0.25, -0.2) is 4.39 Å². The number of hydrogen-bond donors (Lipinski definition) is 1. The van der Waals surface area contributed by atoms with E-state index in [2.05, 4.69) is 5.32 Å². The van der Waals surface area contributed by atoms with Crippen LogP contribution in [0.1, 0.15) is 43.9 Å². The van der Waals surface area contributed by atoms with Crippen LogP contribution in [0.3, 0.4) is 0 Å². The average molecular weight is 415 g/mol. The van der Waals surface area contributed by atoms with Crippen molar-refractivity contribution in [3.63, 3.8) is 0 Å². The molecule has 0 saturated carbocycles. The number of benzene rings is 2. The summed E-state index contributed by atoms with van der Waals surface area (Å²) in [5.74, 6) is -0.294. The summed E-state index contributed by atoms with van der Waals surface area (Å²) in [4.78, 5) is 27.1. The lowest BCUT2D eigenvalue weighted by molar-refractivity contribution is -0.142. The van der Waals surface area contributed by atoms with Gasteiger partial charge in [0.1, 0.15) is 17.6 Å². The smallest absolute Gasteiger partial charge is 0.261 e. The maximum absolute atomic E-state index is 13.3. The normalized spacial score (nSPS) is 12.7. The number of ether oxygens (including phenoxy) is 1. The summed E-state index contributed by atoms with van der Waals surface area (Å²) in [6.07, 6.45) is 0.792. The summed E-state index contributed by atoms with van der Waals surface area (Å²) in [5, 5.41) is 2.91. The molecule has 0 spiro atoms. The zero-order chi connectivity index (χ0) is 22.3. The predicted octanol–water partition coefficient (Wildman–Crippen LogP) is 4.15. The van der Waals surface area contributed by atoms with Gasteiger partial charge in [-0.05, 0) is 75.1 Å². The highest BCUT2D eigenvalue weighted by molar-refractivity contribution is 5.88. The lowest BCUT2D eigenvalue weighted by Gasteiger charge is -2.29. The van der Waals surface area contributed by atoms with Crippen molar-refractivity contribution >= 4 is 11.8 Å². The fraction of sp³-hybridized carbons (Fsp3) is 0.417. The highest BCUT2D eigenvalue weighted by atomic mass is 19.1. The van der Waals surface area contributed by atoms with Crippen molar-refractivity contribution in [2.75, 3.05) is 6.61 Å². The van der Waals surface area contributed by atoms with Crippen LogP contribution in [0.5, 0.6) is 5.75 Å². The third-order valence-electron chi connectivity index (χ3n) is 5.28. The van der Waals surface area contributed by atoms with Crippen LogP contribution in [0.2, 0.25) is 0 Å². The van der Waals surface area contributed by atoms with Crippen LogP contribution in [0.4, 0.5) is 4.39 Å². The summed E-state index contributed by atoms with van der Waals surface area (Å²) in [7, 11) is 0. The number of carbonyl (C=O) groups is 2. The Kier molecular flexibility index (Phi) is 8.39. The van der Waals surface area contributed by atoms with E-state index in [1.165, 1.54) is 17.0 Å². The molecule has 2 amide bonds. The lowest BCUT2D eigenvalue weighted by Crippen LogP contribution is -2.50. The quantitative estimate of drug-likeness (QED) is 0.671. The molecule has 0 aromatic heterocycles. The average Bonchev–Trinajstić information content (AvgIpc) is 2.73. The molecule has 5 nitrogen and oxygen atoms in total. The first-order valence-corrected chi connectivity index (χ1v) is 10.3. The molecule has 1 N–H and O–H groups in total. The molecule has 2 aromatic rings. The Bertz CT molecular complexity index is 867. The Morgan fingerprint density at radius 1 is 1.07 bits per heavy atom. The Hall–Kier alpha value is -2.89. The third-order valence-corrected chi connectivity index (χ3v) is 5.28. The summed E-state index contributed by atoms with van der Waals surface area (Å²) < 4.78 is 18.9. The number of rotatable bonds is 9. The molecule has 0 aliphatic carbocycles. The number of hydrogen-bond acceptors (Lipinski definition) is 3. The van der Waals surface area contributed by atoms with Crippen LogP contribution < -0.4 is 10.1 Å². The van der Waals surface area contributed by atoms with Crippen molar-refractivity contribution < 1.29 is 18.7 Å². The zero-order valence-corrected chi connectivity index (χ0v) is 18.4. The number of amides is 2. The van der Waals surface area contributed by atoms with Gasteiger partial charge in [0.25, 0.3) is 5.91 Å². The Balaban J connectivity index is 2.15. The fourth-order valence-corrected chi connectivity index (χ4v) is 2.87. The first kappa shape index (κ1) is 23.4. The Morgan fingerprint density at radius 3 is 2.33 bits per heavy atom. The fourth-order valence-electron chi connectivity index (χ4n) is 2.87. The minimum absolute atomic E-state index is 0.00880. The van der Waals surface area contributed by atoms with Crippen LogP contribution in [0.15, 0.2) is 42.5 Å². The molecular formula is C24H31FN2O3. The van der Waals surface area contributed by atoms with Gasteiger partial charge in [-0.15, -0.1) is 0 Å². The number of aryl methyl sites for hydroxylation is 2. The van der Waals surface area contributed by atoms with E-state index in [0.29, 0.717) is 5.75 Å². The third kappa shape index (κ3) is 6.58. The van der Waals surface area contributed by atoms with Gasteiger partial charge in [0.15, 0.2) is 6.61 Å². The number of nitrogens with zero attached hydrogens (tertiary/aromatic N) is 1. The van der Waals surface area contributed by atoms with Crippen LogP contribution in [-0.4, -0.2) is 35.4 Å². The Labute approximate surface area is 178 Å². The van der Waals surface area contributed by atoms with Crippen LogP contribution in [-0.2, 0) is 16.1 Å². The molecule has 6 heteroatoms. The molecule has 2 atom stereocenters. The Morgan fingerprint density at radius 2 is 1.73 bits per heavy atom. The number of halogens is 1. The maximum atomic E-state index is 13.3. The second-order valence-corrected chi connectivity index (χ2v) is 7.68. The van der Waals surface area contributed by atoms with Gasteiger partial charge < -0.3 is 15.0 Å². The lowest BCUT2D eigenvalue weighted by atomic mass is 10.1. The highest BCUT2D eigenvalue weighted by Crippen LogP contribution is 2.17. The van der Waals surface area contributed by atoms with Crippen molar-refractivity contribution in [3.8, 4) is 5.75 Å². The molecule has 2 rings (SSSR count). The molecule has 162 valence electrons. The van der Waals surface area contributed by atoms with Gasteiger partial charge in [-0.2, -0.15) is 0 Å². The van der Waals surface area contributed by atoms with Crippen molar-refractivity contribution in [1.82, 2.24) is 10.2 Å². The van der Waals surface area contributed by atoms with Crippen molar-refractivity contribution in [2.24, 2.45) is 0 Å². The molecule has 0 aliphatic heterocycles. The van der Waals surface area contributed by atoms with E-state index in [1.807, 2.05) is 45.9 Å². The molecular weight excluding hydrogens is 383 g/mol. The first-order chi connectivity index (χ1) is 14.2. The van der Waals surface area contributed by atoms with E-state index < -0.39 is 6.04 Å². The minimum Gasteiger partial charge on any atom is -0.484 e. The van der Waals surface area contributed by atoms with Gasteiger partial charge in [0.05, 0.1) is 0 Å². The van der Waals surface area contributed by atoms with E-state index in [-0.39, 0.29) is 36.8 Å². The summed E-state index contributed by atoms with van der Waals surface area (Å²) in [6.45, 7) is 9.57. The van der Waals surface area contributed by atoms with E-state index in [9.17, 15) is 14.0 Å². The van der Waals surface area contributed by atoms with Crippen LogP contribution >= 0.6 is 0 Å². The van der Waals surface area contributed by atoms with Gasteiger partial charge in [0.2, 0.25) is 5.91 Å². The summed E-state index contributed by atoms with van der Waals surface area (Å²) in [5.41, 5.74) is 2.95. The highest BCUT2D eigenvalue weighted by Gasteiger charge is 2.27. The molecule has 30 heavy (non-hydrogen) atoms. The maximum Gasteiger partial charge on any atom is 0.261 e. The molecule has 0 saturated heterocycles. The van der Waals surface area contributed by atoms with E-state index in [0.717, 1.165) is 23.1 Å². The predicted molar refractivity (Wildman–Crippen MR) is 116 cm³/mol. The monoisotopic (exact) mass is 414 g/mol. The molecule has 0 heterocycles. The van der Waals surface area contributed by atoms with E-state index in [4.69, 9.17) is 4.74 Å². The summed E-state index contributed by atoms with van der Waals surface area (Å²) >= 11 is 0. The number of nitrogens with one attached hydrogen (secondary N) is 1. The zero-order valence-electron chi connectivity index (χ0n) is 18.4. The van der Waals surface area contributed by atoms with Gasteiger partial charge in [-0.1, -0.05) is 25.1 Å². The van der Waals surface area contributed by atoms with Gasteiger partial charge >= 0.3 is 0 Å². The van der Waals surface area contributed by atoms with E-state index >= 15 is 0 Å². The van der Waals surface area contributed by atoms with Gasteiger partial charge in [0, 0.05) is 12.6 Å². The van der Waals surface area contributed by atoms with Crippen LogP contribution in [0, 0.1) is 19.7 Å². The molecule has 0 radical (unpaired) electrons. The molecule has 2 aromatic carbocycles. The van der Waals surface area contributed by atoms with Gasteiger partial charge in [-0.3, -0.25) is 9.59 Å². The van der Waals surface area contributed by atoms with E-state index in [1.54, 1.807) is 19.1 Å². The van der Waals surface area contributed by atoms with Crippen molar-refractivity contribution in [1.29, 1.82) is 0 Å². The van der Waals surface area contributed by atoms with Crippen molar-refractivity contribution in [3.05, 3.63) is 65.0 Å². The molecule has 0 unspecified atom stereocenters. The van der Waals surface area contributed by atoms with Crippen LogP contribution in [0.25, 0.3) is 0 Å². The second-order valence-electron chi connectivity index (χ2n) is 7.68. The second kappa shape index (κ2) is 10.8. The minimum atomic E-state index is -0.695. The number of carbonyl (C=O) groups excluding carboxylic acids is 2. The molecule has 0 bridgehead atoms. The summed E-state index contributed by atoms with van der Waals surface area (Å²) in [6, 6.07) is 10.9. The largest absolute Gasteiger partial charge is 0.484 e. The van der Waals surface area contributed by atoms with Crippen molar-refractivity contribution in [2.45, 2.75) is 59.7 Å². The first-order valence-electron chi connectivity index (χ1n) is 10.3. The molecule has 0 aliphatic rings. The topological polar surface area (TPSA) is 58.6 Å². The standard InChI is InChI=1S/C24H31FN2O3/c1-6-18(4)26-24(29)19(5)27(14-20-8-10-21(25)11-9-20)23(28)15-30-22-12-7-16(2)17(3)13-22/h7-13,18-19H,6,14-15H2,1-5H3,(H,26,29)/t18-,19-/m1/s1. The SMILES string of the molecule is CC[C@@H](C)NC(=O)[C@@H](C)N(Cc1ccc(F)cc1)C(=O)COc1ccc(C)c(C)c1. The molecule has 0 fully saturated rings.